The third kappa shape index (κ3) is 4.75. The fourth-order valence-electron chi connectivity index (χ4n) is 2.71. The van der Waals surface area contributed by atoms with Gasteiger partial charge in [-0.25, -0.2) is 4.79 Å². The fourth-order valence-corrected chi connectivity index (χ4v) is 2.71. The number of alkyl halides is 3. The van der Waals surface area contributed by atoms with Gasteiger partial charge in [0.25, 0.3) is 0 Å². The van der Waals surface area contributed by atoms with Crippen LogP contribution in [0.15, 0.2) is 24.3 Å². The van der Waals surface area contributed by atoms with Gasteiger partial charge in [-0.05, 0) is 38.8 Å². The number of aliphatic hydroxyl groups is 1. The maximum atomic E-state index is 12.3. The summed E-state index contributed by atoms with van der Waals surface area (Å²) in [5.41, 5.74) is -0.854. The number of benzene rings is 1. The molecular weight excluding hydrogens is 313 g/mol. The number of rotatable bonds is 3. The lowest BCUT2D eigenvalue weighted by Gasteiger charge is -2.33. The number of nitrogens with zero attached hydrogens (tertiary/aromatic N) is 1. The molecule has 1 unspecified atom stereocenters. The van der Waals surface area contributed by atoms with Crippen molar-refractivity contribution in [2.24, 2.45) is 0 Å². The quantitative estimate of drug-likeness (QED) is 0.892. The molecule has 2 amide bonds. The van der Waals surface area contributed by atoms with Crippen molar-refractivity contribution in [3.8, 4) is 5.75 Å². The molecule has 1 aromatic carbocycles. The van der Waals surface area contributed by atoms with Crippen molar-refractivity contribution in [2.75, 3.05) is 11.9 Å². The van der Waals surface area contributed by atoms with E-state index in [1.165, 1.54) is 17.0 Å². The van der Waals surface area contributed by atoms with Gasteiger partial charge < -0.3 is 20.1 Å². The van der Waals surface area contributed by atoms with Crippen molar-refractivity contribution in [3.05, 3.63) is 24.3 Å². The Balaban J connectivity index is 2.07. The average molecular weight is 332 g/mol. The van der Waals surface area contributed by atoms with Gasteiger partial charge in [-0.2, -0.15) is 0 Å². The van der Waals surface area contributed by atoms with Crippen LogP contribution in [0, 0.1) is 0 Å². The van der Waals surface area contributed by atoms with E-state index < -0.39 is 23.7 Å². The van der Waals surface area contributed by atoms with Gasteiger partial charge in [0.05, 0.1) is 11.6 Å². The zero-order valence-electron chi connectivity index (χ0n) is 12.9. The van der Waals surface area contributed by atoms with Gasteiger partial charge in [-0.1, -0.05) is 6.07 Å². The number of nitrogens with one attached hydrogen (secondary N) is 1. The van der Waals surface area contributed by atoms with Crippen LogP contribution in [0.5, 0.6) is 5.75 Å². The Morgan fingerprint density at radius 1 is 1.39 bits per heavy atom. The summed E-state index contributed by atoms with van der Waals surface area (Å²) in [5.74, 6) is -0.407. The van der Waals surface area contributed by atoms with Crippen LogP contribution in [0.3, 0.4) is 0 Å². The molecule has 1 aliphatic heterocycles. The minimum absolute atomic E-state index is 0.193. The highest BCUT2D eigenvalue weighted by Gasteiger charge is 2.38. The van der Waals surface area contributed by atoms with E-state index in [0.29, 0.717) is 13.0 Å². The second-order valence-corrected chi connectivity index (χ2v) is 6.01. The smallest absolute Gasteiger partial charge is 0.406 e. The molecule has 128 valence electrons. The zero-order valence-corrected chi connectivity index (χ0v) is 12.9. The molecule has 0 spiro atoms. The molecule has 1 saturated heterocycles. The first-order valence-corrected chi connectivity index (χ1v) is 7.22. The van der Waals surface area contributed by atoms with Crippen LogP contribution < -0.4 is 10.1 Å². The molecule has 0 radical (unpaired) electrons. The Bertz CT molecular complexity index is 570. The van der Waals surface area contributed by atoms with Crippen molar-refractivity contribution < 1.29 is 27.8 Å². The minimum atomic E-state index is -4.79. The predicted molar refractivity (Wildman–Crippen MR) is 78.2 cm³/mol. The van der Waals surface area contributed by atoms with Crippen LogP contribution in [0.4, 0.5) is 23.7 Å². The Morgan fingerprint density at radius 3 is 2.70 bits per heavy atom. The molecule has 2 N–H and O–H groups in total. The Labute approximate surface area is 132 Å². The van der Waals surface area contributed by atoms with Crippen LogP contribution in [0.1, 0.15) is 26.7 Å². The maximum Gasteiger partial charge on any atom is 0.573 e. The number of likely N-dealkylation sites (tertiary alicyclic amines) is 1. The molecule has 23 heavy (non-hydrogen) atoms. The van der Waals surface area contributed by atoms with Crippen molar-refractivity contribution in [3.63, 3.8) is 0 Å². The first-order chi connectivity index (χ1) is 10.6. The highest BCUT2D eigenvalue weighted by Crippen LogP contribution is 2.28. The standard InChI is InChI=1S/C15H19F3N2O3/c1-14(2,22)12-7-4-8-20(12)13(21)19-10-5-3-6-11(9-10)23-15(16,17)18/h3,5-6,9,12,22H,4,7-8H2,1-2H3,(H,19,21). The summed E-state index contributed by atoms with van der Waals surface area (Å²) < 4.78 is 40.5. The third-order valence-corrected chi connectivity index (χ3v) is 3.65. The minimum Gasteiger partial charge on any atom is -0.406 e. The summed E-state index contributed by atoms with van der Waals surface area (Å²) in [6.45, 7) is 3.74. The molecular formula is C15H19F3N2O3. The van der Waals surface area contributed by atoms with Crippen molar-refractivity contribution >= 4 is 11.7 Å². The molecule has 1 heterocycles. The predicted octanol–water partition coefficient (Wildman–Crippen LogP) is 3.35. The number of amides is 2. The first kappa shape index (κ1) is 17.4. The summed E-state index contributed by atoms with van der Waals surface area (Å²) in [6.07, 6.45) is -3.35. The van der Waals surface area contributed by atoms with Gasteiger partial charge >= 0.3 is 12.4 Å². The molecule has 0 saturated carbocycles. The van der Waals surface area contributed by atoms with Crippen molar-refractivity contribution in [1.29, 1.82) is 0 Å². The molecule has 1 aromatic rings. The molecule has 0 aliphatic carbocycles. The average Bonchev–Trinajstić information content (AvgIpc) is 2.85. The molecule has 1 atom stereocenters. The van der Waals surface area contributed by atoms with E-state index in [4.69, 9.17) is 0 Å². The van der Waals surface area contributed by atoms with E-state index in [1.807, 2.05) is 0 Å². The largest absolute Gasteiger partial charge is 0.573 e. The molecule has 8 heteroatoms. The molecule has 2 rings (SSSR count). The van der Waals surface area contributed by atoms with Crippen LogP contribution in [-0.2, 0) is 0 Å². The Kier molecular flexibility index (Phi) is 4.74. The number of anilines is 1. The second kappa shape index (κ2) is 6.27. The highest BCUT2D eigenvalue weighted by molar-refractivity contribution is 5.90. The first-order valence-electron chi connectivity index (χ1n) is 7.22. The SMILES string of the molecule is CC(C)(O)C1CCCN1C(=O)Nc1cccc(OC(F)(F)F)c1. The summed E-state index contributed by atoms with van der Waals surface area (Å²) in [5, 5.41) is 12.6. The van der Waals surface area contributed by atoms with Crippen LogP contribution in [0.25, 0.3) is 0 Å². The van der Waals surface area contributed by atoms with Crippen LogP contribution in [0.2, 0.25) is 0 Å². The number of halogens is 3. The normalized spacial score (nSPS) is 18.9. The summed E-state index contributed by atoms with van der Waals surface area (Å²) >= 11 is 0. The van der Waals surface area contributed by atoms with Gasteiger partial charge in [0.15, 0.2) is 0 Å². The van der Waals surface area contributed by atoms with Crippen LogP contribution >= 0.6 is 0 Å². The van der Waals surface area contributed by atoms with Crippen molar-refractivity contribution in [2.45, 2.75) is 44.7 Å². The summed E-state index contributed by atoms with van der Waals surface area (Å²) in [4.78, 5) is 13.8. The van der Waals surface area contributed by atoms with Gasteiger partial charge in [0, 0.05) is 18.3 Å². The summed E-state index contributed by atoms with van der Waals surface area (Å²) in [7, 11) is 0. The Morgan fingerprint density at radius 2 is 2.09 bits per heavy atom. The number of carbonyl (C=O) groups excluding carboxylic acids is 1. The maximum absolute atomic E-state index is 12.3. The monoisotopic (exact) mass is 332 g/mol. The highest BCUT2D eigenvalue weighted by atomic mass is 19.4. The lowest BCUT2D eigenvalue weighted by atomic mass is 9.97. The Hall–Kier alpha value is -1.96. The van der Waals surface area contributed by atoms with E-state index >= 15 is 0 Å². The van der Waals surface area contributed by atoms with E-state index in [2.05, 4.69) is 10.1 Å². The number of hydrogen-bond donors (Lipinski definition) is 2. The van der Waals surface area contributed by atoms with E-state index in [9.17, 15) is 23.1 Å². The topological polar surface area (TPSA) is 61.8 Å². The van der Waals surface area contributed by atoms with Gasteiger partial charge in [-0.3, -0.25) is 0 Å². The fraction of sp³-hybridized carbons (Fsp3) is 0.533. The number of carbonyl (C=O) groups is 1. The van der Waals surface area contributed by atoms with Crippen molar-refractivity contribution in [1.82, 2.24) is 4.90 Å². The van der Waals surface area contributed by atoms with Gasteiger partial charge in [0.2, 0.25) is 0 Å². The lowest BCUT2D eigenvalue weighted by molar-refractivity contribution is -0.274. The molecule has 5 nitrogen and oxygen atoms in total. The molecule has 0 bridgehead atoms. The second-order valence-electron chi connectivity index (χ2n) is 6.01. The molecule has 1 aliphatic rings. The van der Waals surface area contributed by atoms with Crippen LogP contribution in [-0.4, -0.2) is 40.6 Å². The van der Waals surface area contributed by atoms with E-state index in [1.54, 1.807) is 13.8 Å². The number of hydrogen-bond acceptors (Lipinski definition) is 3. The third-order valence-electron chi connectivity index (χ3n) is 3.65. The van der Waals surface area contributed by atoms with E-state index in [-0.39, 0.29) is 11.7 Å². The van der Waals surface area contributed by atoms with Gasteiger partial charge in [0.1, 0.15) is 5.75 Å². The van der Waals surface area contributed by atoms with E-state index in [0.717, 1.165) is 18.6 Å². The lowest BCUT2D eigenvalue weighted by Crippen LogP contribution is -2.49. The number of urea groups is 1. The molecule has 1 fully saturated rings. The zero-order chi connectivity index (χ0) is 17.3. The van der Waals surface area contributed by atoms with Gasteiger partial charge in [-0.15, -0.1) is 13.2 Å². The number of ether oxygens (including phenoxy) is 1. The molecule has 0 aromatic heterocycles. The summed E-state index contributed by atoms with van der Waals surface area (Å²) in [6, 6.07) is 4.28.